The highest BCUT2D eigenvalue weighted by Gasteiger charge is 2.26. The first kappa shape index (κ1) is 18.7. The standard InChI is InChI=1S/C20H25N5O2S/c1-4-27-16-6-5-7-17-18(16)22-20(28-17)24-12-10-23(11-13-24)19(26)15-8-9-21-25(15)14(2)3/h5-9,14H,4,10-13H2,1-3H3. The summed E-state index contributed by atoms with van der Waals surface area (Å²) in [4.78, 5) is 21.9. The molecule has 1 aliphatic heterocycles. The Morgan fingerprint density at radius 2 is 2.00 bits per heavy atom. The zero-order valence-electron chi connectivity index (χ0n) is 16.5. The fourth-order valence-electron chi connectivity index (χ4n) is 3.48. The number of thiazole rings is 1. The van der Waals surface area contributed by atoms with Crippen LogP contribution in [0.4, 0.5) is 5.13 Å². The van der Waals surface area contributed by atoms with E-state index in [1.165, 1.54) is 0 Å². The van der Waals surface area contributed by atoms with Crippen molar-refractivity contribution in [2.24, 2.45) is 0 Å². The summed E-state index contributed by atoms with van der Waals surface area (Å²) in [6.07, 6.45) is 1.70. The molecule has 3 heterocycles. The van der Waals surface area contributed by atoms with Crippen LogP contribution >= 0.6 is 11.3 Å². The average molecular weight is 400 g/mol. The van der Waals surface area contributed by atoms with Crippen LogP contribution in [0.25, 0.3) is 10.2 Å². The van der Waals surface area contributed by atoms with Crippen molar-refractivity contribution in [2.75, 3.05) is 37.7 Å². The number of carbonyl (C=O) groups excluding carboxylic acids is 1. The Morgan fingerprint density at radius 1 is 1.21 bits per heavy atom. The van der Waals surface area contributed by atoms with Gasteiger partial charge in [-0.1, -0.05) is 17.4 Å². The quantitative estimate of drug-likeness (QED) is 0.658. The van der Waals surface area contributed by atoms with Crippen molar-refractivity contribution in [3.8, 4) is 5.75 Å². The summed E-state index contributed by atoms with van der Waals surface area (Å²) in [5.41, 5.74) is 1.58. The fourth-order valence-corrected chi connectivity index (χ4v) is 4.51. The summed E-state index contributed by atoms with van der Waals surface area (Å²) in [7, 11) is 0. The number of hydrogen-bond donors (Lipinski definition) is 0. The molecule has 0 saturated carbocycles. The first-order valence-electron chi connectivity index (χ1n) is 9.68. The smallest absolute Gasteiger partial charge is 0.272 e. The first-order valence-corrected chi connectivity index (χ1v) is 10.5. The second kappa shape index (κ2) is 7.79. The number of anilines is 1. The molecular formula is C20H25N5O2S. The fraction of sp³-hybridized carbons (Fsp3) is 0.450. The van der Waals surface area contributed by atoms with Crippen LogP contribution in [0.15, 0.2) is 30.5 Å². The third kappa shape index (κ3) is 3.44. The highest BCUT2D eigenvalue weighted by Crippen LogP contribution is 2.34. The minimum absolute atomic E-state index is 0.0498. The van der Waals surface area contributed by atoms with Crippen LogP contribution < -0.4 is 9.64 Å². The van der Waals surface area contributed by atoms with Crippen LogP contribution in [-0.2, 0) is 0 Å². The van der Waals surface area contributed by atoms with Gasteiger partial charge >= 0.3 is 0 Å². The number of fused-ring (bicyclic) bond motifs is 1. The molecule has 148 valence electrons. The lowest BCUT2D eigenvalue weighted by molar-refractivity contribution is 0.0732. The number of benzene rings is 1. The molecule has 7 nitrogen and oxygen atoms in total. The Hall–Kier alpha value is -2.61. The van der Waals surface area contributed by atoms with Crippen LogP contribution in [0, 0.1) is 0 Å². The first-order chi connectivity index (χ1) is 13.6. The van der Waals surface area contributed by atoms with Gasteiger partial charge in [0.05, 0.1) is 11.3 Å². The third-order valence-corrected chi connectivity index (χ3v) is 5.97. The lowest BCUT2D eigenvalue weighted by Crippen LogP contribution is -2.49. The van der Waals surface area contributed by atoms with E-state index >= 15 is 0 Å². The lowest BCUT2D eigenvalue weighted by Gasteiger charge is -2.34. The molecule has 3 aromatic rings. The van der Waals surface area contributed by atoms with Crippen molar-refractivity contribution in [3.63, 3.8) is 0 Å². The molecule has 8 heteroatoms. The van der Waals surface area contributed by atoms with E-state index in [2.05, 4.69) is 16.1 Å². The second-order valence-electron chi connectivity index (χ2n) is 7.07. The second-order valence-corrected chi connectivity index (χ2v) is 8.08. The number of carbonyl (C=O) groups is 1. The lowest BCUT2D eigenvalue weighted by atomic mass is 10.2. The summed E-state index contributed by atoms with van der Waals surface area (Å²) in [5, 5.41) is 5.27. The van der Waals surface area contributed by atoms with E-state index in [1.54, 1.807) is 28.3 Å². The van der Waals surface area contributed by atoms with Crippen molar-refractivity contribution in [1.29, 1.82) is 0 Å². The van der Waals surface area contributed by atoms with E-state index in [9.17, 15) is 4.79 Å². The van der Waals surface area contributed by atoms with Gasteiger partial charge in [-0.05, 0) is 39.0 Å². The summed E-state index contributed by atoms with van der Waals surface area (Å²) in [6.45, 7) is 9.56. The summed E-state index contributed by atoms with van der Waals surface area (Å²) >= 11 is 1.67. The molecule has 0 aliphatic carbocycles. The largest absolute Gasteiger partial charge is 0.492 e. The van der Waals surface area contributed by atoms with Crippen molar-refractivity contribution in [2.45, 2.75) is 26.8 Å². The van der Waals surface area contributed by atoms with Gasteiger partial charge in [0.2, 0.25) is 0 Å². The van der Waals surface area contributed by atoms with Crippen LogP contribution in [0.2, 0.25) is 0 Å². The number of piperazine rings is 1. The van der Waals surface area contributed by atoms with Gasteiger partial charge in [0.1, 0.15) is 17.0 Å². The molecule has 1 aromatic carbocycles. The van der Waals surface area contributed by atoms with E-state index in [4.69, 9.17) is 9.72 Å². The molecular weight excluding hydrogens is 374 g/mol. The summed E-state index contributed by atoms with van der Waals surface area (Å²) < 4.78 is 8.62. The molecule has 0 atom stereocenters. The number of nitrogens with zero attached hydrogens (tertiary/aromatic N) is 5. The Kier molecular flexibility index (Phi) is 5.21. The number of ether oxygens (including phenoxy) is 1. The van der Waals surface area contributed by atoms with Crippen LogP contribution in [0.3, 0.4) is 0 Å². The van der Waals surface area contributed by atoms with E-state index < -0.39 is 0 Å². The normalized spacial score (nSPS) is 14.9. The number of rotatable bonds is 5. The molecule has 1 amide bonds. The monoisotopic (exact) mass is 399 g/mol. The van der Waals surface area contributed by atoms with Gasteiger partial charge < -0.3 is 14.5 Å². The van der Waals surface area contributed by atoms with Crippen molar-refractivity contribution >= 4 is 32.6 Å². The van der Waals surface area contributed by atoms with Crippen molar-refractivity contribution in [1.82, 2.24) is 19.7 Å². The van der Waals surface area contributed by atoms with Crippen molar-refractivity contribution in [3.05, 3.63) is 36.2 Å². The number of aromatic nitrogens is 3. The molecule has 0 unspecified atom stereocenters. The number of hydrogen-bond acceptors (Lipinski definition) is 6. The van der Waals surface area contributed by atoms with E-state index in [0.29, 0.717) is 25.4 Å². The minimum Gasteiger partial charge on any atom is -0.492 e. The molecule has 1 aliphatic rings. The summed E-state index contributed by atoms with van der Waals surface area (Å²) in [5.74, 6) is 0.882. The molecule has 28 heavy (non-hydrogen) atoms. The maximum Gasteiger partial charge on any atom is 0.272 e. The summed E-state index contributed by atoms with van der Waals surface area (Å²) in [6, 6.07) is 8.01. The zero-order chi connectivity index (χ0) is 19.7. The van der Waals surface area contributed by atoms with E-state index in [0.717, 1.165) is 34.2 Å². The molecule has 0 N–H and O–H groups in total. The molecule has 2 aromatic heterocycles. The Labute approximate surface area is 168 Å². The topological polar surface area (TPSA) is 63.5 Å². The van der Waals surface area contributed by atoms with Gasteiger partial charge in [-0.15, -0.1) is 0 Å². The number of para-hydroxylation sites is 1. The van der Waals surface area contributed by atoms with Gasteiger partial charge in [0, 0.05) is 38.4 Å². The Morgan fingerprint density at radius 3 is 2.71 bits per heavy atom. The molecule has 1 fully saturated rings. The average Bonchev–Trinajstić information content (AvgIpc) is 3.35. The van der Waals surface area contributed by atoms with Gasteiger partial charge in [0.25, 0.3) is 5.91 Å². The van der Waals surface area contributed by atoms with Crippen LogP contribution in [-0.4, -0.2) is 58.4 Å². The minimum atomic E-state index is 0.0498. The maximum atomic E-state index is 12.9. The van der Waals surface area contributed by atoms with E-state index in [-0.39, 0.29) is 11.9 Å². The molecule has 0 spiro atoms. The Balaban J connectivity index is 1.47. The van der Waals surface area contributed by atoms with Gasteiger partial charge in [-0.25, -0.2) is 4.98 Å². The molecule has 0 bridgehead atoms. The Bertz CT molecular complexity index is 972. The molecule has 4 rings (SSSR count). The predicted molar refractivity (Wildman–Crippen MR) is 112 cm³/mol. The zero-order valence-corrected chi connectivity index (χ0v) is 17.3. The van der Waals surface area contributed by atoms with Crippen LogP contribution in [0.1, 0.15) is 37.3 Å². The van der Waals surface area contributed by atoms with Crippen molar-refractivity contribution < 1.29 is 9.53 Å². The maximum absolute atomic E-state index is 12.9. The third-order valence-electron chi connectivity index (χ3n) is 4.89. The van der Waals surface area contributed by atoms with Gasteiger partial charge in [-0.2, -0.15) is 5.10 Å². The highest BCUT2D eigenvalue weighted by molar-refractivity contribution is 7.22. The van der Waals surface area contributed by atoms with Gasteiger partial charge in [0.15, 0.2) is 5.13 Å². The SMILES string of the molecule is CCOc1cccc2sc(N3CCN(C(=O)c4ccnn4C(C)C)CC3)nc12. The van der Waals surface area contributed by atoms with Gasteiger partial charge in [-0.3, -0.25) is 9.48 Å². The molecule has 0 radical (unpaired) electrons. The molecule has 1 saturated heterocycles. The number of amides is 1. The van der Waals surface area contributed by atoms with Crippen LogP contribution in [0.5, 0.6) is 5.75 Å². The van der Waals surface area contributed by atoms with E-state index in [1.807, 2.05) is 37.8 Å². The highest BCUT2D eigenvalue weighted by atomic mass is 32.1. The predicted octanol–water partition coefficient (Wildman–Crippen LogP) is 3.43.